The Bertz CT molecular complexity index is 1750. The van der Waals surface area contributed by atoms with Gasteiger partial charge in [-0.2, -0.15) is 18.3 Å². The van der Waals surface area contributed by atoms with Crippen LogP contribution in [0.1, 0.15) is 19.4 Å². The van der Waals surface area contributed by atoms with Gasteiger partial charge in [-0.1, -0.05) is 30.3 Å². The van der Waals surface area contributed by atoms with Crippen LogP contribution in [0, 0.1) is 5.82 Å². The van der Waals surface area contributed by atoms with Crippen molar-refractivity contribution < 1.29 is 26.0 Å². The van der Waals surface area contributed by atoms with E-state index < -0.39 is 38.5 Å². The fraction of sp³-hybridized carbons (Fsp3) is 0.138. The molecule has 0 atom stereocenters. The van der Waals surface area contributed by atoms with Gasteiger partial charge in [-0.3, -0.25) is 4.31 Å². The topological polar surface area (TPSA) is 55.2 Å². The second-order valence-corrected chi connectivity index (χ2v) is 11.1. The third-order valence-electron chi connectivity index (χ3n) is 6.28. The third kappa shape index (κ3) is 4.99. The van der Waals surface area contributed by atoms with Gasteiger partial charge in [0.1, 0.15) is 5.82 Å². The Hall–Kier alpha value is -4.18. The maximum absolute atomic E-state index is 14.3. The van der Waals surface area contributed by atoms with Crippen molar-refractivity contribution in [1.29, 1.82) is 0 Å². The van der Waals surface area contributed by atoms with Gasteiger partial charge in [0.2, 0.25) is 0 Å². The largest absolute Gasteiger partial charge is 0.417 e. The van der Waals surface area contributed by atoms with Crippen molar-refractivity contribution in [2.24, 2.45) is 0 Å². The first-order chi connectivity index (χ1) is 18.5. The lowest BCUT2D eigenvalue weighted by atomic mass is 9.98. The van der Waals surface area contributed by atoms with E-state index in [-0.39, 0.29) is 11.1 Å². The average Bonchev–Trinajstić information content (AvgIpc) is 3.32. The standard InChI is InChI=1S/C29H23F4N3O2S/c1-19(2)36(24-6-4-3-5-7-24)39(37,38)25-13-14-26(27(17-25)29(31,32)33)20-8-15-28-21(16-20)18-34-35(28)23-11-9-22(30)10-12-23/h3-19H,1-2H3. The molecule has 0 N–H and O–H groups in total. The molecule has 0 aliphatic rings. The highest BCUT2D eigenvalue weighted by Crippen LogP contribution is 2.40. The number of sulfonamides is 1. The Labute approximate surface area is 223 Å². The lowest BCUT2D eigenvalue weighted by Gasteiger charge is -2.28. The number of rotatable bonds is 6. The van der Waals surface area contributed by atoms with Gasteiger partial charge < -0.3 is 0 Å². The number of nitrogens with zero attached hydrogens (tertiary/aromatic N) is 3. The van der Waals surface area contributed by atoms with Crippen LogP contribution in [0.2, 0.25) is 0 Å². The molecule has 5 rings (SSSR count). The molecular formula is C29H23F4N3O2S. The predicted molar refractivity (Wildman–Crippen MR) is 143 cm³/mol. The quantitative estimate of drug-likeness (QED) is 0.205. The molecule has 200 valence electrons. The molecule has 1 heterocycles. The van der Waals surface area contributed by atoms with Crippen molar-refractivity contribution in [2.75, 3.05) is 4.31 Å². The molecular weight excluding hydrogens is 530 g/mol. The molecule has 0 radical (unpaired) electrons. The van der Waals surface area contributed by atoms with Crippen molar-refractivity contribution in [3.8, 4) is 16.8 Å². The molecule has 0 saturated heterocycles. The minimum atomic E-state index is -4.82. The first-order valence-corrected chi connectivity index (χ1v) is 13.5. The second kappa shape index (κ2) is 9.85. The first kappa shape index (κ1) is 26.4. The molecule has 0 amide bonds. The number of benzene rings is 4. The molecule has 0 unspecified atom stereocenters. The van der Waals surface area contributed by atoms with Crippen LogP contribution in [0.4, 0.5) is 23.2 Å². The predicted octanol–water partition coefficient (Wildman–Crippen LogP) is 7.45. The number of hydrogen-bond acceptors (Lipinski definition) is 3. The van der Waals surface area contributed by atoms with Crippen molar-refractivity contribution >= 4 is 26.6 Å². The van der Waals surface area contributed by atoms with Gasteiger partial charge in [0.15, 0.2) is 0 Å². The number of hydrogen-bond donors (Lipinski definition) is 0. The maximum Gasteiger partial charge on any atom is 0.417 e. The van der Waals surface area contributed by atoms with Gasteiger partial charge in [0.05, 0.1) is 33.5 Å². The molecule has 5 nitrogen and oxygen atoms in total. The van der Waals surface area contributed by atoms with Crippen molar-refractivity contribution in [2.45, 2.75) is 31.0 Å². The Morgan fingerprint density at radius 3 is 2.21 bits per heavy atom. The molecule has 5 aromatic rings. The normalized spacial score (nSPS) is 12.3. The zero-order chi connectivity index (χ0) is 27.9. The van der Waals surface area contributed by atoms with E-state index in [4.69, 9.17) is 0 Å². The first-order valence-electron chi connectivity index (χ1n) is 12.0. The number of fused-ring (bicyclic) bond motifs is 1. The summed E-state index contributed by atoms with van der Waals surface area (Å²) in [6.45, 7) is 3.32. The van der Waals surface area contributed by atoms with E-state index in [9.17, 15) is 26.0 Å². The van der Waals surface area contributed by atoms with Crippen molar-refractivity contribution in [3.05, 3.63) is 109 Å². The van der Waals surface area contributed by atoms with E-state index in [0.29, 0.717) is 28.3 Å². The Morgan fingerprint density at radius 2 is 1.56 bits per heavy atom. The second-order valence-electron chi connectivity index (χ2n) is 9.24. The molecule has 10 heteroatoms. The summed E-state index contributed by atoms with van der Waals surface area (Å²) in [6, 6.07) is 21.2. The molecule has 0 aliphatic carbocycles. The van der Waals surface area contributed by atoms with Crippen LogP contribution in [0.3, 0.4) is 0 Å². The summed E-state index contributed by atoms with van der Waals surface area (Å²) in [4.78, 5) is -0.457. The molecule has 0 bridgehead atoms. The number of halogens is 4. The van der Waals surface area contributed by atoms with Crippen LogP contribution < -0.4 is 4.31 Å². The third-order valence-corrected chi connectivity index (χ3v) is 8.28. The molecule has 1 aromatic heterocycles. The molecule has 0 fully saturated rings. The average molecular weight is 554 g/mol. The number of alkyl halides is 3. The zero-order valence-electron chi connectivity index (χ0n) is 20.9. The van der Waals surface area contributed by atoms with Gasteiger partial charge in [0, 0.05) is 11.4 Å². The van der Waals surface area contributed by atoms with E-state index in [0.717, 1.165) is 4.31 Å². The summed E-state index contributed by atoms with van der Waals surface area (Å²) in [5, 5.41) is 4.87. The monoisotopic (exact) mass is 553 g/mol. The van der Waals surface area contributed by atoms with Crippen LogP contribution in [-0.4, -0.2) is 24.2 Å². The van der Waals surface area contributed by atoms with Crippen LogP contribution in [0.25, 0.3) is 27.7 Å². The zero-order valence-corrected chi connectivity index (χ0v) is 21.7. The molecule has 4 aromatic carbocycles. The van der Waals surface area contributed by atoms with E-state index in [1.54, 1.807) is 73.1 Å². The summed E-state index contributed by atoms with van der Waals surface area (Å²) in [6.07, 6.45) is -3.31. The summed E-state index contributed by atoms with van der Waals surface area (Å²) in [5.74, 6) is -0.400. The fourth-order valence-electron chi connectivity index (χ4n) is 4.56. The Morgan fingerprint density at radius 1 is 0.872 bits per heavy atom. The van der Waals surface area contributed by atoms with Crippen LogP contribution in [-0.2, 0) is 16.2 Å². The van der Waals surface area contributed by atoms with E-state index >= 15 is 0 Å². The number of para-hydroxylation sites is 1. The van der Waals surface area contributed by atoms with E-state index in [1.165, 1.54) is 36.5 Å². The van der Waals surface area contributed by atoms with Crippen molar-refractivity contribution in [1.82, 2.24) is 9.78 Å². The SMILES string of the molecule is CC(C)N(c1ccccc1)S(=O)(=O)c1ccc(-c2ccc3c(cnn3-c3ccc(F)cc3)c2)c(C(F)(F)F)c1. The van der Waals surface area contributed by atoms with Crippen LogP contribution >= 0.6 is 0 Å². The number of aromatic nitrogens is 2. The molecule has 39 heavy (non-hydrogen) atoms. The lowest BCUT2D eigenvalue weighted by Crippen LogP contribution is -2.37. The summed E-state index contributed by atoms with van der Waals surface area (Å²) in [5.41, 5.74) is 0.598. The van der Waals surface area contributed by atoms with E-state index in [1.807, 2.05) is 0 Å². The summed E-state index contributed by atoms with van der Waals surface area (Å²) < 4.78 is 86.0. The molecule has 0 aliphatic heterocycles. The van der Waals surface area contributed by atoms with E-state index in [2.05, 4.69) is 5.10 Å². The maximum atomic E-state index is 14.3. The summed E-state index contributed by atoms with van der Waals surface area (Å²) in [7, 11) is -4.31. The van der Waals surface area contributed by atoms with Crippen LogP contribution in [0.5, 0.6) is 0 Å². The van der Waals surface area contributed by atoms with Gasteiger partial charge in [0.25, 0.3) is 10.0 Å². The van der Waals surface area contributed by atoms with Crippen LogP contribution in [0.15, 0.2) is 102 Å². The smallest absolute Gasteiger partial charge is 0.264 e. The number of anilines is 1. The van der Waals surface area contributed by atoms with Gasteiger partial charge in [-0.25, -0.2) is 17.5 Å². The molecule has 0 saturated carbocycles. The Kier molecular flexibility index (Phi) is 6.67. The fourth-order valence-corrected chi connectivity index (χ4v) is 6.25. The highest BCUT2D eigenvalue weighted by Gasteiger charge is 2.36. The van der Waals surface area contributed by atoms with Gasteiger partial charge in [-0.15, -0.1) is 0 Å². The highest BCUT2D eigenvalue weighted by molar-refractivity contribution is 7.92. The summed E-state index contributed by atoms with van der Waals surface area (Å²) >= 11 is 0. The highest BCUT2D eigenvalue weighted by atomic mass is 32.2. The Balaban J connectivity index is 1.60. The minimum absolute atomic E-state index is 0.159. The minimum Gasteiger partial charge on any atom is -0.264 e. The van der Waals surface area contributed by atoms with Gasteiger partial charge >= 0.3 is 6.18 Å². The van der Waals surface area contributed by atoms with Gasteiger partial charge in [-0.05, 0) is 85.6 Å². The lowest BCUT2D eigenvalue weighted by molar-refractivity contribution is -0.137. The van der Waals surface area contributed by atoms with Crippen molar-refractivity contribution in [3.63, 3.8) is 0 Å². The molecule has 0 spiro atoms.